The van der Waals surface area contributed by atoms with Gasteiger partial charge in [0.05, 0.1) is 6.42 Å². The van der Waals surface area contributed by atoms with Gasteiger partial charge in [0.25, 0.3) is 5.91 Å². The van der Waals surface area contributed by atoms with Gasteiger partial charge >= 0.3 is 5.97 Å². The van der Waals surface area contributed by atoms with Crippen molar-refractivity contribution < 1.29 is 19.1 Å². The molecule has 1 aliphatic rings. The Labute approximate surface area is 144 Å². The molecule has 0 atom stereocenters. The minimum absolute atomic E-state index is 0.106. The number of benzene rings is 1. The van der Waals surface area contributed by atoms with Crippen molar-refractivity contribution in [3.8, 4) is 5.69 Å². The number of hydrogen-bond acceptors (Lipinski definition) is 3. The van der Waals surface area contributed by atoms with Gasteiger partial charge in [-0.25, -0.2) is 9.07 Å². The molecule has 1 aromatic carbocycles. The maximum Gasteiger partial charge on any atom is 0.305 e. The summed E-state index contributed by atoms with van der Waals surface area (Å²) < 4.78 is 15.8. The number of rotatable bonds is 5. The summed E-state index contributed by atoms with van der Waals surface area (Å²) in [5.41, 5.74) is 3.24. The molecule has 132 valence electrons. The van der Waals surface area contributed by atoms with Gasteiger partial charge in [-0.2, -0.15) is 5.10 Å². The van der Waals surface area contributed by atoms with E-state index in [-0.39, 0.29) is 24.7 Å². The molecule has 0 saturated carbocycles. The molecule has 1 aromatic heterocycles. The molecule has 1 N–H and O–H groups in total. The normalized spacial score (nSPS) is 12.9. The van der Waals surface area contributed by atoms with E-state index in [1.807, 2.05) is 6.92 Å². The zero-order chi connectivity index (χ0) is 18.1. The SMILES string of the molecule is Cc1ccc(F)c(-n2nc(C(=O)N(C)CCC(=O)O)c3c2CCC3)c1. The lowest BCUT2D eigenvalue weighted by Gasteiger charge is -2.15. The number of amides is 1. The number of aryl methyl sites for hydroxylation is 1. The molecule has 0 bridgehead atoms. The first kappa shape index (κ1) is 17.1. The van der Waals surface area contributed by atoms with E-state index >= 15 is 0 Å². The first-order valence-electron chi connectivity index (χ1n) is 8.23. The molecule has 0 saturated heterocycles. The minimum atomic E-state index is -0.961. The molecule has 0 fully saturated rings. The molecule has 0 aliphatic heterocycles. The van der Waals surface area contributed by atoms with Crippen molar-refractivity contribution in [2.45, 2.75) is 32.6 Å². The highest BCUT2D eigenvalue weighted by Gasteiger charge is 2.29. The fourth-order valence-corrected chi connectivity index (χ4v) is 3.14. The molecular weight excluding hydrogens is 325 g/mol. The summed E-state index contributed by atoms with van der Waals surface area (Å²) in [7, 11) is 1.55. The molecule has 7 heteroatoms. The quantitative estimate of drug-likeness (QED) is 0.903. The predicted octanol–water partition coefficient (Wildman–Crippen LogP) is 2.36. The summed E-state index contributed by atoms with van der Waals surface area (Å²) in [6.45, 7) is 1.98. The van der Waals surface area contributed by atoms with Gasteiger partial charge in [-0.1, -0.05) is 6.07 Å². The van der Waals surface area contributed by atoms with Crippen molar-refractivity contribution in [3.63, 3.8) is 0 Å². The lowest BCUT2D eigenvalue weighted by Crippen LogP contribution is -2.30. The second-order valence-corrected chi connectivity index (χ2v) is 6.36. The van der Waals surface area contributed by atoms with E-state index in [4.69, 9.17) is 5.11 Å². The number of carboxylic acid groups (broad SMARTS) is 1. The van der Waals surface area contributed by atoms with Crippen molar-refractivity contribution in [2.24, 2.45) is 0 Å². The highest BCUT2D eigenvalue weighted by atomic mass is 19.1. The van der Waals surface area contributed by atoms with Crippen molar-refractivity contribution in [2.75, 3.05) is 13.6 Å². The second-order valence-electron chi connectivity index (χ2n) is 6.36. The third-order valence-electron chi connectivity index (χ3n) is 4.47. The Morgan fingerprint density at radius 2 is 2.12 bits per heavy atom. The van der Waals surface area contributed by atoms with Gasteiger partial charge < -0.3 is 10.0 Å². The van der Waals surface area contributed by atoms with Crippen LogP contribution in [0.25, 0.3) is 5.69 Å². The molecule has 3 rings (SSSR count). The number of fused-ring (bicyclic) bond motifs is 1. The molecule has 0 unspecified atom stereocenters. The largest absolute Gasteiger partial charge is 0.481 e. The monoisotopic (exact) mass is 345 g/mol. The Balaban J connectivity index is 1.99. The number of nitrogens with zero attached hydrogens (tertiary/aromatic N) is 3. The van der Waals surface area contributed by atoms with Crippen LogP contribution in [0, 0.1) is 12.7 Å². The highest BCUT2D eigenvalue weighted by molar-refractivity contribution is 5.94. The van der Waals surface area contributed by atoms with Gasteiger partial charge in [-0.3, -0.25) is 9.59 Å². The maximum atomic E-state index is 14.3. The van der Waals surface area contributed by atoms with Crippen molar-refractivity contribution in [3.05, 3.63) is 46.5 Å². The van der Waals surface area contributed by atoms with E-state index in [2.05, 4.69) is 5.10 Å². The fraction of sp³-hybridized carbons (Fsp3) is 0.389. The molecule has 25 heavy (non-hydrogen) atoms. The first-order valence-corrected chi connectivity index (χ1v) is 8.23. The molecule has 1 heterocycles. The standard InChI is InChI=1S/C18H20FN3O3/c1-11-6-7-13(19)15(10-11)22-14-5-3-4-12(14)17(20-22)18(25)21(2)9-8-16(23)24/h6-7,10H,3-5,8-9H2,1-2H3,(H,23,24). The van der Waals surface area contributed by atoms with Crippen LogP contribution in [0.5, 0.6) is 0 Å². The summed E-state index contributed by atoms with van der Waals surface area (Å²) in [5, 5.41) is 13.2. The first-order chi connectivity index (χ1) is 11.9. The summed E-state index contributed by atoms with van der Waals surface area (Å²) in [4.78, 5) is 24.7. The zero-order valence-corrected chi connectivity index (χ0v) is 14.3. The van der Waals surface area contributed by atoms with Gasteiger partial charge in [0.1, 0.15) is 11.5 Å². The van der Waals surface area contributed by atoms with E-state index in [9.17, 15) is 14.0 Å². The van der Waals surface area contributed by atoms with Gasteiger partial charge in [0.2, 0.25) is 0 Å². The summed E-state index contributed by atoms with van der Waals surface area (Å²) >= 11 is 0. The van der Waals surface area contributed by atoms with Gasteiger partial charge in [0.15, 0.2) is 5.69 Å². The molecular formula is C18H20FN3O3. The Morgan fingerprint density at radius 1 is 1.36 bits per heavy atom. The van der Waals surface area contributed by atoms with Crippen LogP contribution >= 0.6 is 0 Å². The van der Waals surface area contributed by atoms with Crippen LogP contribution in [0.2, 0.25) is 0 Å². The Kier molecular flexibility index (Phi) is 4.57. The van der Waals surface area contributed by atoms with Crippen molar-refractivity contribution in [1.29, 1.82) is 0 Å². The van der Waals surface area contributed by atoms with Gasteiger partial charge in [-0.15, -0.1) is 0 Å². The van der Waals surface area contributed by atoms with Crippen LogP contribution in [0.3, 0.4) is 0 Å². The van der Waals surface area contributed by atoms with Crippen LogP contribution in [0.4, 0.5) is 4.39 Å². The van der Waals surface area contributed by atoms with E-state index in [0.717, 1.165) is 36.1 Å². The lowest BCUT2D eigenvalue weighted by molar-refractivity contribution is -0.137. The highest BCUT2D eigenvalue weighted by Crippen LogP contribution is 2.29. The van der Waals surface area contributed by atoms with Crippen LogP contribution in [0.1, 0.15) is 40.2 Å². The molecule has 2 aromatic rings. The van der Waals surface area contributed by atoms with Crippen molar-refractivity contribution >= 4 is 11.9 Å². The van der Waals surface area contributed by atoms with E-state index in [0.29, 0.717) is 11.4 Å². The molecule has 1 aliphatic carbocycles. The topological polar surface area (TPSA) is 75.4 Å². The number of carboxylic acids is 1. The molecule has 0 spiro atoms. The van der Waals surface area contributed by atoms with Crippen LogP contribution < -0.4 is 0 Å². The number of hydrogen-bond donors (Lipinski definition) is 1. The van der Waals surface area contributed by atoms with Gasteiger partial charge in [-0.05, 0) is 43.9 Å². The maximum absolute atomic E-state index is 14.3. The van der Waals surface area contributed by atoms with E-state index in [1.165, 1.54) is 15.6 Å². The average Bonchev–Trinajstić information content (AvgIpc) is 3.16. The molecule has 1 amide bonds. The number of aromatic nitrogens is 2. The van der Waals surface area contributed by atoms with Crippen LogP contribution in [-0.2, 0) is 17.6 Å². The second kappa shape index (κ2) is 6.66. The number of carbonyl (C=O) groups excluding carboxylic acids is 1. The summed E-state index contributed by atoms with van der Waals surface area (Å²) in [5.74, 6) is -1.68. The lowest BCUT2D eigenvalue weighted by atomic mass is 10.1. The Hall–Kier alpha value is -2.70. The average molecular weight is 345 g/mol. The minimum Gasteiger partial charge on any atom is -0.481 e. The third-order valence-corrected chi connectivity index (χ3v) is 4.47. The predicted molar refractivity (Wildman–Crippen MR) is 89.5 cm³/mol. The summed E-state index contributed by atoms with van der Waals surface area (Å²) in [6, 6.07) is 4.80. The van der Waals surface area contributed by atoms with E-state index in [1.54, 1.807) is 19.2 Å². The van der Waals surface area contributed by atoms with Crippen LogP contribution in [-0.4, -0.2) is 45.3 Å². The van der Waals surface area contributed by atoms with Crippen molar-refractivity contribution in [1.82, 2.24) is 14.7 Å². The number of carbonyl (C=O) groups is 2. The van der Waals surface area contributed by atoms with E-state index < -0.39 is 5.97 Å². The number of halogens is 1. The number of aliphatic carboxylic acids is 1. The Bertz CT molecular complexity index is 844. The summed E-state index contributed by atoms with van der Waals surface area (Å²) in [6.07, 6.45) is 2.22. The third kappa shape index (κ3) is 3.26. The smallest absolute Gasteiger partial charge is 0.305 e. The Morgan fingerprint density at radius 3 is 2.84 bits per heavy atom. The van der Waals surface area contributed by atoms with Crippen LogP contribution in [0.15, 0.2) is 18.2 Å². The zero-order valence-electron chi connectivity index (χ0n) is 14.3. The molecule has 0 radical (unpaired) electrons. The van der Waals surface area contributed by atoms with Gasteiger partial charge in [0, 0.05) is 24.8 Å². The fourth-order valence-electron chi connectivity index (χ4n) is 3.14. The molecule has 6 nitrogen and oxygen atoms in total.